The molecule has 3 nitrogen and oxygen atoms in total. The van der Waals surface area contributed by atoms with Gasteiger partial charge >= 0.3 is 8.45 Å². The van der Waals surface area contributed by atoms with Crippen LogP contribution in [0.4, 0.5) is 0 Å². The Bertz CT molecular complexity index is 1260. The van der Waals surface area contributed by atoms with Crippen LogP contribution in [-0.4, -0.2) is 8.68 Å². The smallest absolute Gasteiger partial charge is 0.318 e. The number of hydrogen-bond acceptors (Lipinski definition) is 1. The van der Waals surface area contributed by atoms with Crippen LogP contribution in [0, 0.1) is 13.8 Å². The summed E-state index contributed by atoms with van der Waals surface area (Å²) < 4.78 is 11.4. The Morgan fingerprint density at radius 3 is 1.81 bits per heavy atom. The fourth-order valence-electron chi connectivity index (χ4n) is 3.90. The second kappa shape index (κ2) is 8.61. The van der Waals surface area contributed by atoms with Crippen molar-refractivity contribution in [2.75, 3.05) is 0 Å². The van der Waals surface area contributed by atoms with Crippen molar-refractivity contribution in [3.63, 3.8) is 0 Å². The molecule has 0 aliphatic rings. The third-order valence-corrected chi connectivity index (χ3v) is 7.69. The molecule has 4 rings (SSSR count). The maximum Gasteiger partial charge on any atom is 0.318 e. The van der Waals surface area contributed by atoms with E-state index in [-0.39, 0.29) is 0 Å². The molecule has 2 heterocycles. The van der Waals surface area contributed by atoms with Crippen LogP contribution in [0.25, 0.3) is 21.8 Å². The van der Waals surface area contributed by atoms with E-state index in [4.69, 9.17) is 4.52 Å². The topological polar surface area (TPSA) is 19.1 Å². The summed E-state index contributed by atoms with van der Waals surface area (Å²) in [4.78, 5) is 0. The van der Waals surface area contributed by atoms with Gasteiger partial charge in [-0.3, -0.25) is 8.68 Å². The van der Waals surface area contributed by atoms with Crippen LogP contribution in [0.2, 0.25) is 0 Å². The summed E-state index contributed by atoms with van der Waals surface area (Å²) in [6.07, 6.45) is 8.28. The van der Waals surface area contributed by atoms with Crippen LogP contribution < -0.4 is 0 Å². The Hall–Kier alpha value is -3.03. The van der Waals surface area contributed by atoms with Gasteiger partial charge in [0.2, 0.25) is 0 Å². The first-order valence-corrected chi connectivity index (χ1v) is 11.7. The highest BCUT2D eigenvalue weighted by atomic mass is 31.2. The van der Waals surface area contributed by atoms with Gasteiger partial charge in [-0.15, -0.1) is 0 Å². The van der Waals surface area contributed by atoms with Gasteiger partial charge in [-0.1, -0.05) is 55.1 Å². The van der Waals surface area contributed by atoms with Crippen molar-refractivity contribution in [1.82, 2.24) is 8.68 Å². The van der Waals surface area contributed by atoms with E-state index in [1.807, 2.05) is 12.2 Å². The first-order valence-electron chi connectivity index (χ1n) is 10.5. The van der Waals surface area contributed by atoms with E-state index < -0.39 is 8.45 Å². The van der Waals surface area contributed by atoms with Crippen molar-refractivity contribution in [1.29, 1.82) is 0 Å². The van der Waals surface area contributed by atoms with Gasteiger partial charge in [0, 0.05) is 23.2 Å². The fraction of sp³-hybridized carbons (Fsp3) is 0.185. The average molecular weight is 429 g/mol. The van der Waals surface area contributed by atoms with Crippen LogP contribution in [-0.2, 0) is 4.52 Å². The molecule has 2 aromatic carbocycles. The lowest BCUT2D eigenvalue weighted by Gasteiger charge is -2.23. The van der Waals surface area contributed by atoms with E-state index in [0.29, 0.717) is 0 Å². The second-order valence-corrected chi connectivity index (χ2v) is 9.51. The number of nitrogens with zero attached hydrogens (tertiary/aromatic N) is 2. The summed E-state index contributed by atoms with van der Waals surface area (Å²) in [5.74, 6) is 0.924. The Balaban J connectivity index is 1.94. The van der Waals surface area contributed by atoms with Crippen LogP contribution in [0.1, 0.15) is 31.9 Å². The normalized spacial score (nSPS) is 13.2. The monoisotopic (exact) mass is 428 g/mol. The maximum atomic E-state index is 6.79. The molecule has 0 radical (unpaired) electrons. The number of allylic oxidation sites excluding steroid dienone is 5. The van der Waals surface area contributed by atoms with E-state index in [0.717, 1.165) is 16.9 Å². The quantitative estimate of drug-likeness (QED) is 0.172. The van der Waals surface area contributed by atoms with Crippen LogP contribution in [0.3, 0.4) is 0 Å². The highest BCUT2D eigenvalue weighted by Crippen LogP contribution is 2.49. The third-order valence-electron chi connectivity index (χ3n) is 5.86. The minimum Gasteiger partial charge on any atom is -0.441 e. The Labute approximate surface area is 185 Å². The zero-order valence-electron chi connectivity index (χ0n) is 18.9. The molecule has 0 spiro atoms. The molecule has 0 amide bonds. The Morgan fingerprint density at radius 2 is 1.32 bits per heavy atom. The Kier molecular flexibility index (Phi) is 5.89. The number of fused-ring (bicyclic) bond motifs is 2. The molecule has 0 fully saturated rings. The molecule has 0 aliphatic carbocycles. The molecular formula is C27H29N2OP. The summed E-state index contributed by atoms with van der Waals surface area (Å²) in [7, 11) is -1.19. The molecular weight excluding hydrogens is 399 g/mol. The van der Waals surface area contributed by atoms with Crippen molar-refractivity contribution in [2.24, 2.45) is 0 Å². The first-order chi connectivity index (χ1) is 14.9. The average Bonchev–Trinajstić information content (AvgIpc) is 3.29. The van der Waals surface area contributed by atoms with Gasteiger partial charge in [0.15, 0.2) is 0 Å². The number of aryl methyl sites for hydroxylation is 2. The van der Waals surface area contributed by atoms with E-state index >= 15 is 0 Å². The number of para-hydroxylation sites is 2. The van der Waals surface area contributed by atoms with Crippen LogP contribution in [0.15, 0.2) is 96.6 Å². The molecule has 158 valence electrons. The van der Waals surface area contributed by atoms with Crippen molar-refractivity contribution in [2.45, 2.75) is 34.6 Å². The number of rotatable bonds is 6. The molecule has 0 unspecified atom stereocenters. The predicted octanol–water partition coefficient (Wildman–Crippen LogP) is 8.28. The molecule has 0 N–H and O–H groups in total. The fourth-order valence-corrected chi connectivity index (χ4v) is 5.93. The third kappa shape index (κ3) is 3.86. The van der Waals surface area contributed by atoms with Gasteiger partial charge in [0.1, 0.15) is 5.76 Å². The van der Waals surface area contributed by atoms with Crippen LogP contribution in [0.5, 0.6) is 0 Å². The summed E-state index contributed by atoms with van der Waals surface area (Å²) in [6.45, 7) is 14.4. The van der Waals surface area contributed by atoms with Gasteiger partial charge in [0.05, 0.1) is 11.0 Å². The molecule has 0 atom stereocenters. The lowest BCUT2D eigenvalue weighted by atomic mass is 10.1. The number of hydrogen-bond donors (Lipinski definition) is 0. The molecule has 0 bridgehead atoms. The summed E-state index contributed by atoms with van der Waals surface area (Å²) in [5.41, 5.74) is 7.16. The SMILES string of the molecule is C=C/C=C(C)\C(C)=C(\C)OP(n1cc(C)c2ccccc21)n1cc(C)c2ccccc21. The zero-order valence-corrected chi connectivity index (χ0v) is 19.8. The van der Waals surface area contributed by atoms with Gasteiger partial charge in [-0.05, 0) is 69.0 Å². The number of benzene rings is 2. The van der Waals surface area contributed by atoms with Crippen molar-refractivity contribution >= 4 is 30.3 Å². The molecule has 4 heteroatoms. The lowest BCUT2D eigenvalue weighted by molar-refractivity contribution is 0.455. The highest BCUT2D eigenvalue weighted by molar-refractivity contribution is 7.49. The van der Waals surface area contributed by atoms with Gasteiger partial charge in [-0.25, -0.2) is 0 Å². The lowest BCUT2D eigenvalue weighted by Crippen LogP contribution is -2.04. The molecule has 2 aromatic heterocycles. The maximum absolute atomic E-state index is 6.79. The highest BCUT2D eigenvalue weighted by Gasteiger charge is 2.23. The van der Waals surface area contributed by atoms with Crippen molar-refractivity contribution in [3.05, 3.63) is 108 Å². The largest absolute Gasteiger partial charge is 0.441 e. The van der Waals surface area contributed by atoms with E-state index in [1.54, 1.807) is 0 Å². The van der Waals surface area contributed by atoms with Crippen molar-refractivity contribution < 1.29 is 4.52 Å². The van der Waals surface area contributed by atoms with Gasteiger partial charge < -0.3 is 4.52 Å². The molecule has 31 heavy (non-hydrogen) atoms. The molecule has 0 saturated carbocycles. The van der Waals surface area contributed by atoms with Crippen molar-refractivity contribution in [3.8, 4) is 0 Å². The second-order valence-electron chi connectivity index (χ2n) is 7.96. The first kappa shape index (κ1) is 21.2. The van der Waals surface area contributed by atoms with Gasteiger partial charge in [-0.2, -0.15) is 0 Å². The minimum atomic E-state index is -1.19. The molecule has 4 aromatic rings. The summed E-state index contributed by atoms with van der Waals surface area (Å²) in [6, 6.07) is 17.1. The number of aromatic nitrogens is 2. The predicted molar refractivity (Wildman–Crippen MR) is 134 cm³/mol. The Morgan fingerprint density at radius 1 is 0.839 bits per heavy atom. The van der Waals surface area contributed by atoms with Crippen LogP contribution >= 0.6 is 8.45 Å². The minimum absolute atomic E-state index is 0.924. The van der Waals surface area contributed by atoms with E-state index in [9.17, 15) is 0 Å². The summed E-state index contributed by atoms with van der Waals surface area (Å²) in [5, 5.41) is 2.51. The molecule has 0 aliphatic heterocycles. The molecule has 0 saturated heterocycles. The summed E-state index contributed by atoms with van der Waals surface area (Å²) >= 11 is 0. The van der Waals surface area contributed by atoms with Gasteiger partial charge in [0.25, 0.3) is 0 Å². The zero-order chi connectivity index (χ0) is 22.1. The van der Waals surface area contributed by atoms with E-state index in [2.05, 4.69) is 111 Å². The standard InChI is InChI=1S/C27H29N2OP/c1-7-12-19(2)22(5)23(6)30-31(28-17-20(3)24-13-8-10-15-26(24)28)29-18-21(4)25-14-9-11-16-27(25)29/h7-18H,1H2,2-6H3/b19-12-,23-22-. The van der Waals surface area contributed by atoms with E-state index in [1.165, 1.54) is 32.9 Å².